The van der Waals surface area contributed by atoms with Crippen molar-refractivity contribution in [1.82, 2.24) is 0 Å². The first kappa shape index (κ1) is 19.1. The quantitative estimate of drug-likeness (QED) is 0.644. The van der Waals surface area contributed by atoms with Crippen LogP contribution in [-0.4, -0.2) is 16.9 Å². The predicted octanol–water partition coefficient (Wildman–Crippen LogP) is 5.40. The van der Waals surface area contributed by atoms with E-state index in [0.717, 1.165) is 32.1 Å². The van der Waals surface area contributed by atoms with Crippen molar-refractivity contribution >= 4 is 11.8 Å². The molecule has 3 nitrogen and oxygen atoms in total. The van der Waals surface area contributed by atoms with Gasteiger partial charge in [0.2, 0.25) is 0 Å². The normalized spacial score (nSPS) is 24.8. The monoisotopic (exact) mass is 356 g/mol. The van der Waals surface area contributed by atoms with Crippen LogP contribution in [0.1, 0.15) is 82.3 Å². The summed E-state index contributed by atoms with van der Waals surface area (Å²) in [6, 6.07) is 8.65. The Labute approximate surface area is 157 Å². The number of hydrogen-bond acceptors (Lipinski definition) is 2. The van der Waals surface area contributed by atoms with Gasteiger partial charge in [0.05, 0.1) is 5.92 Å². The Balaban J connectivity index is 1.66. The molecule has 26 heavy (non-hydrogen) atoms. The highest BCUT2D eigenvalue weighted by atomic mass is 16.4. The molecule has 2 fully saturated rings. The molecule has 0 radical (unpaired) electrons. The van der Waals surface area contributed by atoms with Gasteiger partial charge in [-0.2, -0.15) is 0 Å². The van der Waals surface area contributed by atoms with E-state index < -0.39 is 11.9 Å². The summed E-state index contributed by atoms with van der Waals surface area (Å²) in [6.45, 7) is 6.42. The molecule has 0 amide bonds. The Hall–Kier alpha value is -1.64. The van der Waals surface area contributed by atoms with Crippen LogP contribution in [0.15, 0.2) is 24.3 Å². The number of Topliss-reactive ketones (excluding diaryl/α,β-unsaturated/α-hetero) is 1. The number of hydrogen-bond donors (Lipinski definition) is 1. The van der Waals surface area contributed by atoms with Gasteiger partial charge in [0.1, 0.15) is 5.78 Å². The van der Waals surface area contributed by atoms with Crippen molar-refractivity contribution in [2.45, 2.75) is 71.1 Å². The van der Waals surface area contributed by atoms with Crippen LogP contribution in [-0.2, 0) is 9.59 Å². The molecule has 0 aromatic heterocycles. The van der Waals surface area contributed by atoms with Gasteiger partial charge >= 0.3 is 5.97 Å². The minimum Gasteiger partial charge on any atom is -0.481 e. The smallest absolute Gasteiger partial charge is 0.307 e. The number of aliphatic carboxylic acids is 1. The number of ketones is 1. The van der Waals surface area contributed by atoms with E-state index in [9.17, 15) is 14.7 Å². The highest BCUT2D eigenvalue weighted by molar-refractivity contribution is 5.87. The molecular weight excluding hydrogens is 324 g/mol. The van der Waals surface area contributed by atoms with Gasteiger partial charge < -0.3 is 5.11 Å². The van der Waals surface area contributed by atoms with Gasteiger partial charge in [0, 0.05) is 12.3 Å². The first-order valence-electron chi connectivity index (χ1n) is 10.3. The van der Waals surface area contributed by atoms with Gasteiger partial charge in [0.15, 0.2) is 0 Å². The fourth-order valence-electron chi connectivity index (χ4n) is 4.67. The van der Waals surface area contributed by atoms with E-state index >= 15 is 0 Å². The number of carbonyl (C=O) groups excluding carboxylic acids is 1. The SMILES string of the molecule is CCC(C1CC1)C(CC(=O)C1CCC1c1ccc(C(C)C)cc1)C(=O)O. The largest absolute Gasteiger partial charge is 0.481 e. The number of benzene rings is 1. The van der Waals surface area contributed by atoms with E-state index in [-0.39, 0.29) is 30.0 Å². The minimum atomic E-state index is -0.783. The van der Waals surface area contributed by atoms with Crippen LogP contribution in [0.4, 0.5) is 0 Å². The molecule has 1 aromatic rings. The van der Waals surface area contributed by atoms with Gasteiger partial charge in [0.25, 0.3) is 0 Å². The van der Waals surface area contributed by atoms with Crippen molar-refractivity contribution in [2.75, 3.05) is 0 Å². The minimum absolute atomic E-state index is 0.0125. The maximum Gasteiger partial charge on any atom is 0.307 e. The van der Waals surface area contributed by atoms with Crippen LogP contribution >= 0.6 is 0 Å². The second kappa shape index (κ2) is 7.94. The Bertz CT molecular complexity index is 642. The van der Waals surface area contributed by atoms with Gasteiger partial charge in [-0.1, -0.05) is 51.5 Å². The Morgan fingerprint density at radius 1 is 1.08 bits per heavy atom. The average Bonchev–Trinajstić information content (AvgIpc) is 3.39. The lowest BCUT2D eigenvalue weighted by Crippen LogP contribution is -2.35. The molecule has 2 aliphatic rings. The lowest BCUT2D eigenvalue weighted by Gasteiger charge is -2.37. The molecule has 0 saturated heterocycles. The maximum atomic E-state index is 12.9. The molecule has 0 heterocycles. The van der Waals surface area contributed by atoms with E-state index in [2.05, 4.69) is 45.0 Å². The Morgan fingerprint density at radius 3 is 2.15 bits per heavy atom. The van der Waals surface area contributed by atoms with E-state index in [1.165, 1.54) is 11.1 Å². The molecule has 3 rings (SSSR count). The summed E-state index contributed by atoms with van der Waals surface area (Å²) in [6.07, 6.45) is 5.28. The van der Waals surface area contributed by atoms with Gasteiger partial charge in [-0.05, 0) is 60.5 Å². The fraction of sp³-hybridized carbons (Fsp3) is 0.652. The second-order valence-electron chi connectivity index (χ2n) is 8.64. The van der Waals surface area contributed by atoms with Crippen molar-refractivity contribution in [3.8, 4) is 0 Å². The molecule has 142 valence electrons. The van der Waals surface area contributed by atoms with Gasteiger partial charge in [-0.3, -0.25) is 9.59 Å². The lowest BCUT2D eigenvalue weighted by atomic mass is 9.66. The standard InChI is InChI=1S/C23H32O3/c1-4-18(16-9-10-16)21(23(25)26)13-22(24)20-12-11-19(20)17-7-5-15(6-8-17)14(2)3/h5-8,14,16,18-21H,4,9-13H2,1-3H3,(H,25,26). The number of carboxylic acids is 1. The molecule has 1 N–H and O–H groups in total. The molecule has 4 atom stereocenters. The molecule has 3 heteroatoms. The average molecular weight is 357 g/mol. The third-order valence-electron chi connectivity index (χ3n) is 6.67. The first-order valence-corrected chi connectivity index (χ1v) is 10.3. The van der Waals surface area contributed by atoms with E-state index in [1.54, 1.807) is 0 Å². The zero-order valence-corrected chi connectivity index (χ0v) is 16.3. The third-order valence-corrected chi connectivity index (χ3v) is 6.67. The van der Waals surface area contributed by atoms with Crippen LogP contribution in [0.5, 0.6) is 0 Å². The number of carboxylic acid groups (broad SMARTS) is 1. The molecule has 2 aliphatic carbocycles. The third kappa shape index (κ3) is 4.02. The second-order valence-corrected chi connectivity index (χ2v) is 8.64. The molecule has 0 aliphatic heterocycles. The van der Waals surface area contributed by atoms with Gasteiger partial charge in [-0.25, -0.2) is 0 Å². The fourth-order valence-corrected chi connectivity index (χ4v) is 4.67. The van der Waals surface area contributed by atoms with Crippen molar-refractivity contribution in [3.05, 3.63) is 35.4 Å². The van der Waals surface area contributed by atoms with Crippen LogP contribution in [0.25, 0.3) is 0 Å². The molecule has 0 spiro atoms. The molecule has 2 saturated carbocycles. The molecule has 0 bridgehead atoms. The van der Waals surface area contributed by atoms with E-state index in [0.29, 0.717) is 11.8 Å². The summed E-state index contributed by atoms with van der Waals surface area (Å²) < 4.78 is 0. The van der Waals surface area contributed by atoms with Crippen molar-refractivity contribution in [3.63, 3.8) is 0 Å². The summed E-state index contributed by atoms with van der Waals surface area (Å²) in [4.78, 5) is 24.7. The summed E-state index contributed by atoms with van der Waals surface area (Å²) in [5, 5.41) is 9.69. The van der Waals surface area contributed by atoms with E-state index in [1.807, 2.05) is 0 Å². The number of carbonyl (C=O) groups is 2. The highest BCUT2D eigenvalue weighted by Gasteiger charge is 2.43. The summed E-state index contributed by atoms with van der Waals surface area (Å²) in [5.41, 5.74) is 2.55. The predicted molar refractivity (Wildman–Crippen MR) is 103 cm³/mol. The van der Waals surface area contributed by atoms with Crippen LogP contribution < -0.4 is 0 Å². The Kier molecular flexibility index (Phi) is 5.84. The maximum absolute atomic E-state index is 12.9. The molecule has 1 aromatic carbocycles. The molecular formula is C23H32O3. The summed E-state index contributed by atoms with van der Waals surface area (Å²) in [7, 11) is 0. The van der Waals surface area contributed by atoms with Crippen molar-refractivity contribution in [2.24, 2.45) is 23.7 Å². The zero-order valence-electron chi connectivity index (χ0n) is 16.3. The summed E-state index contributed by atoms with van der Waals surface area (Å²) >= 11 is 0. The van der Waals surface area contributed by atoms with Crippen molar-refractivity contribution in [1.29, 1.82) is 0 Å². The van der Waals surface area contributed by atoms with Crippen LogP contribution in [0.3, 0.4) is 0 Å². The first-order chi connectivity index (χ1) is 12.4. The van der Waals surface area contributed by atoms with Crippen LogP contribution in [0.2, 0.25) is 0 Å². The zero-order chi connectivity index (χ0) is 18.8. The van der Waals surface area contributed by atoms with Crippen molar-refractivity contribution < 1.29 is 14.7 Å². The number of rotatable bonds is 9. The Morgan fingerprint density at radius 2 is 1.73 bits per heavy atom. The lowest BCUT2D eigenvalue weighted by molar-refractivity contribution is -0.147. The topological polar surface area (TPSA) is 54.4 Å². The molecule has 4 unspecified atom stereocenters. The van der Waals surface area contributed by atoms with E-state index in [4.69, 9.17) is 0 Å². The highest BCUT2D eigenvalue weighted by Crippen LogP contribution is 2.47. The van der Waals surface area contributed by atoms with Gasteiger partial charge in [-0.15, -0.1) is 0 Å². The van der Waals surface area contributed by atoms with Crippen LogP contribution in [0, 0.1) is 23.7 Å². The summed E-state index contributed by atoms with van der Waals surface area (Å²) in [5.74, 6) is 0.375.